The molecule has 0 spiro atoms. The van der Waals surface area contributed by atoms with Gasteiger partial charge in [0.2, 0.25) is 5.95 Å². The molecular weight excluding hydrogens is 247 g/mol. The van der Waals surface area contributed by atoms with Gasteiger partial charge in [-0.05, 0) is 12.1 Å². The predicted molar refractivity (Wildman–Crippen MR) is 71.1 cm³/mol. The molecule has 2 rings (SSSR count). The molecule has 2 aromatic rings. The second-order valence-electron chi connectivity index (χ2n) is 3.87. The smallest absolute Gasteiger partial charge is 0.214 e. The number of benzene rings is 1. The fraction of sp³-hybridized carbons (Fsp3) is 0.214. The summed E-state index contributed by atoms with van der Waals surface area (Å²) in [6.07, 6.45) is 1.42. The number of pyridine rings is 1. The van der Waals surface area contributed by atoms with Gasteiger partial charge in [0.05, 0.1) is 14.2 Å². The summed E-state index contributed by atoms with van der Waals surface area (Å²) >= 11 is 0. The lowest BCUT2D eigenvalue weighted by Crippen LogP contribution is -2.03. The van der Waals surface area contributed by atoms with Crippen molar-refractivity contribution in [3.8, 4) is 11.5 Å². The number of methoxy groups -OCH3 is 2. The van der Waals surface area contributed by atoms with E-state index in [2.05, 4.69) is 10.3 Å². The molecule has 0 aliphatic rings. The van der Waals surface area contributed by atoms with Gasteiger partial charge in [0.25, 0.3) is 0 Å². The topological polar surface area (TPSA) is 43.4 Å². The maximum absolute atomic E-state index is 13.0. The van der Waals surface area contributed by atoms with Gasteiger partial charge >= 0.3 is 0 Å². The van der Waals surface area contributed by atoms with E-state index in [0.29, 0.717) is 23.7 Å². The van der Waals surface area contributed by atoms with Gasteiger partial charge < -0.3 is 14.8 Å². The number of nitrogens with zero attached hydrogens (tertiary/aromatic N) is 1. The molecule has 1 aromatic heterocycles. The van der Waals surface area contributed by atoms with E-state index in [-0.39, 0.29) is 0 Å². The zero-order chi connectivity index (χ0) is 13.7. The molecule has 0 atom stereocenters. The Morgan fingerprint density at radius 1 is 1.21 bits per heavy atom. The van der Waals surface area contributed by atoms with Gasteiger partial charge in [-0.2, -0.15) is 4.39 Å². The fourth-order valence-electron chi connectivity index (χ4n) is 1.80. The van der Waals surface area contributed by atoms with Crippen molar-refractivity contribution in [2.24, 2.45) is 0 Å². The van der Waals surface area contributed by atoms with Gasteiger partial charge in [-0.1, -0.05) is 12.1 Å². The Hall–Kier alpha value is -2.30. The molecule has 1 aromatic carbocycles. The minimum absolute atomic E-state index is 0.504. The van der Waals surface area contributed by atoms with Crippen LogP contribution in [0.5, 0.6) is 11.5 Å². The molecule has 0 saturated heterocycles. The molecule has 4 nitrogen and oxygen atoms in total. The molecule has 1 heterocycles. The van der Waals surface area contributed by atoms with E-state index in [1.54, 1.807) is 20.3 Å². The van der Waals surface area contributed by atoms with Crippen LogP contribution in [0.15, 0.2) is 36.5 Å². The van der Waals surface area contributed by atoms with Crippen molar-refractivity contribution < 1.29 is 13.9 Å². The Morgan fingerprint density at radius 3 is 2.74 bits per heavy atom. The number of aromatic nitrogens is 1. The lowest BCUT2D eigenvalue weighted by atomic mass is 10.2. The third kappa shape index (κ3) is 3.13. The second-order valence-corrected chi connectivity index (χ2v) is 3.87. The minimum Gasteiger partial charge on any atom is -0.493 e. The summed E-state index contributed by atoms with van der Waals surface area (Å²) in [5.74, 6) is 0.831. The Balaban J connectivity index is 2.15. The van der Waals surface area contributed by atoms with Gasteiger partial charge in [-0.25, -0.2) is 4.98 Å². The van der Waals surface area contributed by atoms with Crippen molar-refractivity contribution in [1.82, 2.24) is 4.98 Å². The summed E-state index contributed by atoms with van der Waals surface area (Å²) in [5, 5.41) is 3.11. The van der Waals surface area contributed by atoms with Gasteiger partial charge in [-0.15, -0.1) is 0 Å². The van der Waals surface area contributed by atoms with E-state index in [0.717, 1.165) is 5.56 Å². The molecule has 0 bridgehead atoms. The summed E-state index contributed by atoms with van der Waals surface area (Å²) in [6, 6.07) is 8.67. The van der Waals surface area contributed by atoms with E-state index in [1.807, 2.05) is 18.2 Å². The minimum atomic E-state index is -0.511. The number of nitrogens with one attached hydrogen (secondary N) is 1. The molecule has 19 heavy (non-hydrogen) atoms. The number of rotatable bonds is 5. The first kappa shape index (κ1) is 13.1. The van der Waals surface area contributed by atoms with Crippen LogP contribution < -0.4 is 14.8 Å². The molecule has 0 fully saturated rings. The third-order valence-corrected chi connectivity index (χ3v) is 2.69. The Morgan fingerprint density at radius 2 is 2.05 bits per heavy atom. The van der Waals surface area contributed by atoms with Crippen molar-refractivity contribution in [3.63, 3.8) is 0 Å². The second kappa shape index (κ2) is 6.04. The number of ether oxygens (including phenoxy) is 2. The van der Waals surface area contributed by atoms with Crippen LogP contribution in [-0.2, 0) is 6.54 Å². The highest BCUT2D eigenvalue weighted by Crippen LogP contribution is 2.31. The Kier molecular flexibility index (Phi) is 4.18. The summed E-state index contributed by atoms with van der Waals surface area (Å²) in [4.78, 5) is 3.50. The first-order valence-electron chi connectivity index (χ1n) is 5.80. The first-order valence-corrected chi connectivity index (χ1v) is 5.80. The highest BCUT2D eigenvalue weighted by Gasteiger charge is 2.09. The van der Waals surface area contributed by atoms with Gasteiger partial charge in [0.15, 0.2) is 11.5 Å². The summed E-state index contributed by atoms with van der Waals surface area (Å²) in [5.41, 5.74) is 1.59. The van der Waals surface area contributed by atoms with Crippen LogP contribution in [0.3, 0.4) is 0 Å². The summed E-state index contributed by atoms with van der Waals surface area (Å²) in [6.45, 7) is 0.504. The molecule has 0 amide bonds. The van der Waals surface area contributed by atoms with E-state index < -0.39 is 5.95 Å². The maximum Gasteiger partial charge on any atom is 0.214 e. The monoisotopic (exact) mass is 262 g/mol. The van der Waals surface area contributed by atoms with Gasteiger partial charge in [-0.3, -0.25) is 0 Å². The van der Waals surface area contributed by atoms with Gasteiger partial charge in [0.1, 0.15) is 0 Å². The average molecular weight is 262 g/mol. The van der Waals surface area contributed by atoms with E-state index in [4.69, 9.17) is 9.47 Å². The van der Waals surface area contributed by atoms with Crippen LogP contribution in [0.25, 0.3) is 0 Å². The van der Waals surface area contributed by atoms with Gasteiger partial charge in [0, 0.05) is 30.1 Å². The SMILES string of the molecule is COc1cccc(CNc2ccnc(F)c2)c1OC. The molecular formula is C14H15FN2O2. The lowest BCUT2D eigenvalue weighted by Gasteiger charge is -2.13. The van der Waals surface area contributed by atoms with Crippen LogP contribution in [-0.4, -0.2) is 19.2 Å². The fourth-order valence-corrected chi connectivity index (χ4v) is 1.80. The number of para-hydroxylation sites is 1. The zero-order valence-electron chi connectivity index (χ0n) is 10.8. The maximum atomic E-state index is 13.0. The highest BCUT2D eigenvalue weighted by atomic mass is 19.1. The van der Waals surface area contributed by atoms with Crippen LogP contribution in [0.4, 0.5) is 10.1 Å². The quantitative estimate of drug-likeness (QED) is 0.841. The normalized spacial score (nSPS) is 10.1. The molecule has 0 aliphatic heterocycles. The average Bonchev–Trinajstić information content (AvgIpc) is 2.44. The zero-order valence-corrected chi connectivity index (χ0v) is 10.8. The predicted octanol–water partition coefficient (Wildman–Crippen LogP) is 2.85. The molecule has 5 heteroatoms. The molecule has 0 radical (unpaired) electrons. The molecule has 1 N–H and O–H groups in total. The van der Waals surface area contributed by atoms with Crippen molar-refractivity contribution in [3.05, 3.63) is 48.0 Å². The third-order valence-electron chi connectivity index (χ3n) is 2.69. The number of halogens is 1. The Bertz CT molecular complexity index is 561. The van der Waals surface area contributed by atoms with Crippen molar-refractivity contribution in [2.75, 3.05) is 19.5 Å². The highest BCUT2D eigenvalue weighted by molar-refractivity contribution is 5.49. The van der Waals surface area contributed by atoms with Crippen molar-refractivity contribution >= 4 is 5.69 Å². The standard InChI is InChI=1S/C14H15FN2O2/c1-18-12-5-3-4-10(14(12)19-2)9-17-11-6-7-16-13(15)8-11/h3-8H,9H2,1-2H3,(H,16,17). The summed E-state index contributed by atoms with van der Waals surface area (Å²) < 4.78 is 23.5. The number of hydrogen-bond acceptors (Lipinski definition) is 4. The summed E-state index contributed by atoms with van der Waals surface area (Å²) in [7, 11) is 3.18. The van der Waals surface area contributed by atoms with Crippen molar-refractivity contribution in [1.29, 1.82) is 0 Å². The Labute approximate surface area is 111 Å². The molecule has 0 aliphatic carbocycles. The molecule has 100 valence electrons. The van der Waals surface area contributed by atoms with E-state index in [9.17, 15) is 4.39 Å². The first-order chi connectivity index (χ1) is 9.24. The van der Waals surface area contributed by atoms with Crippen LogP contribution in [0.1, 0.15) is 5.56 Å². The van der Waals surface area contributed by atoms with E-state index in [1.165, 1.54) is 12.3 Å². The molecule has 0 unspecified atom stereocenters. The van der Waals surface area contributed by atoms with Crippen LogP contribution >= 0.6 is 0 Å². The number of hydrogen-bond donors (Lipinski definition) is 1. The lowest BCUT2D eigenvalue weighted by molar-refractivity contribution is 0.352. The molecule has 0 saturated carbocycles. The largest absolute Gasteiger partial charge is 0.493 e. The van der Waals surface area contributed by atoms with Crippen LogP contribution in [0, 0.1) is 5.95 Å². The van der Waals surface area contributed by atoms with E-state index >= 15 is 0 Å². The number of anilines is 1. The van der Waals surface area contributed by atoms with Crippen molar-refractivity contribution in [2.45, 2.75) is 6.54 Å². The van der Waals surface area contributed by atoms with Crippen LogP contribution in [0.2, 0.25) is 0 Å².